The highest BCUT2D eigenvalue weighted by molar-refractivity contribution is 5.90. The summed E-state index contributed by atoms with van der Waals surface area (Å²) in [7, 11) is 0. The topological polar surface area (TPSA) is 372 Å². The lowest BCUT2D eigenvalue weighted by atomic mass is 9.98. The number of amides is 6. The molecule has 2 heterocycles. The van der Waals surface area contributed by atoms with Crippen molar-refractivity contribution in [3.63, 3.8) is 0 Å². The molecule has 4 aromatic rings. The molecule has 0 saturated carbocycles. The number of unbranched alkanes of at least 4 members (excludes halogenated alkanes) is 2. The van der Waals surface area contributed by atoms with E-state index in [0.29, 0.717) is 18.1 Å². The van der Waals surface area contributed by atoms with Gasteiger partial charge in [0.05, 0.1) is 13.1 Å². The zero-order valence-electron chi connectivity index (χ0n) is 69.5. The number of aromatic nitrogens is 4. The zero-order valence-corrected chi connectivity index (χ0v) is 69.5. The molecule has 2 aromatic carbocycles. The summed E-state index contributed by atoms with van der Waals surface area (Å²) in [6.45, 7) is 32.3. The third-order valence-corrected chi connectivity index (χ3v) is 16.0. The molecular weight excluding hydrogens is 1450 g/mol. The van der Waals surface area contributed by atoms with Crippen LogP contribution in [0.15, 0.2) is 73.3 Å². The van der Waals surface area contributed by atoms with Gasteiger partial charge in [-0.1, -0.05) is 48.5 Å². The van der Waals surface area contributed by atoms with Crippen LogP contribution in [0.3, 0.4) is 0 Å². The van der Waals surface area contributed by atoms with Gasteiger partial charge in [-0.3, -0.25) is 43.3 Å². The highest BCUT2D eigenvalue weighted by Crippen LogP contribution is 2.44. The number of hydrogen-bond donors (Lipinski definition) is 4. The minimum atomic E-state index is -1.32. The number of carbonyl (C=O) groups is 12. The molecule has 6 amide bonds. The first-order chi connectivity index (χ1) is 51.8. The zero-order chi connectivity index (χ0) is 83.9. The van der Waals surface area contributed by atoms with Crippen molar-refractivity contribution in [3.8, 4) is 11.1 Å². The summed E-state index contributed by atoms with van der Waals surface area (Å²) in [4.78, 5) is 177. The van der Waals surface area contributed by atoms with Crippen molar-refractivity contribution in [3.05, 3.63) is 96.1 Å². The molecule has 0 aliphatic heterocycles. The molecule has 0 unspecified atom stereocenters. The predicted molar refractivity (Wildman–Crippen MR) is 414 cm³/mol. The van der Waals surface area contributed by atoms with Gasteiger partial charge in [-0.25, -0.2) is 29.1 Å². The Labute approximate surface area is 658 Å². The van der Waals surface area contributed by atoms with E-state index in [2.05, 4.69) is 31.2 Å². The maximum atomic E-state index is 14.6. The van der Waals surface area contributed by atoms with Crippen LogP contribution in [0, 0.1) is 0 Å². The number of benzene rings is 2. The Morgan fingerprint density at radius 2 is 0.804 bits per heavy atom. The quantitative estimate of drug-likeness (QED) is 0.0185. The third-order valence-electron chi connectivity index (χ3n) is 16.0. The summed E-state index contributed by atoms with van der Waals surface area (Å²) in [6, 6.07) is 11.0. The average Bonchev–Trinajstić information content (AvgIpc) is 1.61. The van der Waals surface area contributed by atoms with Gasteiger partial charge in [-0.15, -0.1) is 0 Å². The number of nitrogens with one attached hydrogen (secondary N) is 4. The summed E-state index contributed by atoms with van der Waals surface area (Å²) >= 11 is 0. The molecule has 5 rings (SSSR count). The molecule has 1 aliphatic carbocycles. The van der Waals surface area contributed by atoms with Gasteiger partial charge in [-0.05, 0) is 219 Å². The van der Waals surface area contributed by atoms with Crippen molar-refractivity contribution in [2.24, 2.45) is 0 Å². The van der Waals surface area contributed by atoms with Crippen LogP contribution >= 0.6 is 0 Å². The van der Waals surface area contributed by atoms with E-state index in [0.717, 1.165) is 32.1 Å². The fraction of sp³-hybridized carbons (Fsp3) is 0.630. The van der Waals surface area contributed by atoms with Crippen molar-refractivity contribution < 1.29 is 95.4 Å². The van der Waals surface area contributed by atoms with Crippen molar-refractivity contribution in [2.75, 3.05) is 45.9 Å². The third kappa shape index (κ3) is 34.8. The predicted octanol–water partition coefficient (Wildman–Crippen LogP) is 9.31. The number of esters is 7. The van der Waals surface area contributed by atoms with Crippen LogP contribution in [0.5, 0.6) is 0 Å². The maximum Gasteiger partial charge on any atom is 0.407 e. The number of imidazole rings is 2. The number of nitrogens with zero attached hydrogens (tertiary/aromatic N) is 7. The second kappa shape index (κ2) is 40.5. The molecule has 0 fully saturated rings. The summed E-state index contributed by atoms with van der Waals surface area (Å²) < 4.78 is 48.0. The molecule has 4 N–H and O–H groups in total. The van der Waals surface area contributed by atoms with Gasteiger partial charge in [-0.2, -0.15) is 0 Å². The lowest BCUT2D eigenvalue weighted by molar-refractivity contribution is -0.165. The van der Waals surface area contributed by atoms with Crippen LogP contribution in [0.2, 0.25) is 0 Å². The van der Waals surface area contributed by atoms with E-state index in [-0.39, 0.29) is 83.6 Å². The molecular formula is C81H121N11O20. The highest BCUT2D eigenvalue weighted by atomic mass is 16.6. The first-order valence-electron chi connectivity index (χ1n) is 38.1. The molecule has 0 radical (unpaired) electrons. The van der Waals surface area contributed by atoms with E-state index >= 15 is 0 Å². The second-order valence-corrected chi connectivity index (χ2v) is 34.7. The Bertz CT molecular complexity index is 3670. The fourth-order valence-electron chi connectivity index (χ4n) is 11.8. The molecule has 3 atom stereocenters. The fourth-order valence-corrected chi connectivity index (χ4v) is 11.8. The Morgan fingerprint density at radius 3 is 1.21 bits per heavy atom. The number of hydrogen-bond acceptors (Lipinski definition) is 23. The number of fused-ring (bicyclic) bond motifs is 3. The Hall–Kier alpha value is -9.94. The van der Waals surface area contributed by atoms with Gasteiger partial charge in [0.25, 0.3) is 0 Å². The van der Waals surface area contributed by atoms with Gasteiger partial charge in [0.2, 0.25) is 17.7 Å². The summed E-state index contributed by atoms with van der Waals surface area (Å²) in [6.07, 6.45) is 6.01. The molecule has 1 aliphatic rings. The molecule has 112 heavy (non-hydrogen) atoms. The van der Waals surface area contributed by atoms with Crippen molar-refractivity contribution >= 4 is 71.6 Å². The van der Waals surface area contributed by atoms with E-state index in [9.17, 15) is 57.5 Å². The molecule has 31 nitrogen and oxygen atoms in total. The maximum absolute atomic E-state index is 14.6. The van der Waals surface area contributed by atoms with Crippen LogP contribution in [0.25, 0.3) is 11.1 Å². The van der Waals surface area contributed by atoms with Crippen LogP contribution in [0.4, 0.5) is 9.59 Å². The Balaban J connectivity index is 1.43. The number of carbonyl (C=O) groups excluding carboxylic acids is 12. The standard InChI is InChI=1S/C81H121N11O20/c1-75(2,3)106-65(95)37-36-60(72(102)112-81(19,20)21)86-73(103)85-59(71(101)111-80(16,17)18)35-26-28-38-84-70(100)58(87-74(104)105-52-57-55-32-24-22-30-53(55)54-31-23-25-33-56(54)57)34-27-29-41-88(44-61-82-39-42-89(61)46-63(93)91(48-66(96)107-76(4,5)6)49-67(97)108-77(7,8)9)45-62-83-40-43-90(62)47-64(94)92(50-68(98)109-78(10,11)12)51-69(99)110-79(13,14)15/h22-25,30-33,39-40,42-43,57-60H,26-29,34-38,41,44-52H2,1-21H3,(H,84,100)(H,87,104)(H2,85,86,103)/t58-,59-,60-/m0/s1. The van der Waals surface area contributed by atoms with Crippen LogP contribution in [-0.2, 0) is 112 Å². The molecule has 0 bridgehead atoms. The lowest BCUT2D eigenvalue weighted by Crippen LogP contribution is -2.53. The van der Waals surface area contributed by atoms with Gasteiger partial charge in [0.1, 0.15) is 115 Å². The SMILES string of the molecule is CC(C)(C)OC(=O)CC[C@H](NC(=O)N[C@@H](CCCCNC(=O)[C@H](CCCCN(Cc1nccn1CC(=O)N(CC(=O)OC(C)(C)C)CC(=O)OC(C)(C)C)Cc1nccn1CC(=O)N(CC(=O)OC(C)(C)C)CC(=O)OC(C)(C)C)NC(=O)OCC1c2ccccc2-c2ccccc21)C(=O)OC(C)(C)C)C(=O)OC(C)(C)C. The molecule has 0 spiro atoms. The number of urea groups is 1. The highest BCUT2D eigenvalue weighted by Gasteiger charge is 2.36. The van der Waals surface area contributed by atoms with E-state index in [1.807, 2.05) is 53.4 Å². The van der Waals surface area contributed by atoms with E-state index in [1.165, 1.54) is 12.4 Å². The van der Waals surface area contributed by atoms with Gasteiger partial charge in [0.15, 0.2) is 0 Å². The molecule has 2 aromatic heterocycles. The van der Waals surface area contributed by atoms with Crippen LogP contribution < -0.4 is 21.3 Å². The Kier molecular flexibility index (Phi) is 33.5. The van der Waals surface area contributed by atoms with E-state index in [4.69, 9.17) is 37.9 Å². The summed E-state index contributed by atoms with van der Waals surface area (Å²) in [5.41, 5.74) is -2.41. The van der Waals surface area contributed by atoms with Gasteiger partial charge in [0, 0.05) is 43.7 Å². The van der Waals surface area contributed by atoms with Crippen molar-refractivity contribution in [1.82, 2.24) is 55.1 Å². The van der Waals surface area contributed by atoms with Crippen molar-refractivity contribution in [1.29, 1.82) is 0 Å². The number of ether oxygens (including phenoxy) is 8. The normalized spacial score (nSPS) is 13.4. The minimum absolute atomic E-state index is 0.0134. The van der Waals surface area contributed by atoms with Crippen LogP contribution in [0.1, 0.15) is 225 Å². The second-order valence-electron chi connectivity index (χ2n) is 34.7. The number of rotatable bonds is 37. The molecule has 31 heteroatoms. The minimum Gasteiger partial charge on any atom is -0.460 e. The summed E-state index contributed by atoms with van der Waals surface area (Å²) in [5.74, 6) is -6.68. The van der Waals surface area contributed by atoms with Crippen molar-refractivity contribution in [2.45, 2.75) is 286 Å². The van der Waals surface area contributed by atoms with E-state index < -0.39 is 168 Å². The first-order valence-corrected chi connectivity index (χ1v) is 38.1. The van der Waals surface area contributed by atoms with Gasteiger partial charge >= 0.3 is 53.9 Å². The van der Waals surface area contributed by atoms with Gasteiger partial charge < -0.3 is 78.1 Å². The number of alkyl carbamates (subject to hydrolysis) is 1. The summed E-state index contributed by atoms with van der Waals surface area (Å²) in [5, 5.41) is 10.9. The Morgan fingerprint density at radius 1 is 0.438 bits per heavy atom. The first kappa shape index (κ1) is 92.7. The van der Waals surface area contributed by atoms with Crippen LogP contribution in [-0.4, -0.2) is 209 Å². The molecule has 0 saturated heterocycles. The van der Waals surface area contributed by atoms with E-state index in [1.54, 1.807) is 167 Å². The average molecular weight is 1570 g/mol. The smallest absolute Gasteiger partial charge is 0.407 e. The lowest BCUT2D eigenvalue weighted by Gasteiger charge is -2.27. The molecule has 620 valence electrons. The largest absolute Gasteiger partial charge is 0.460 e. The monoisotopic (exact) mass is 1570 g/mol.